The predicted octanol–water partition coefficient (Wildman–Crippen LogP) is 4.93. The Kier molecular flexibility index (Phi) is 7.77. The topological polar surface area (TPSA) is 67.7 Å². The van der Waals surface area contributed by atoms with E-state index in [1.165, 1.54) is 0 Å². The van der Waals surface area contributed by atoms with Crippen LogP contribution in [0.15, 0.2) is 54.6 Å². The third-order valence-electron chi connectivity index (χ3n) is 7.13. The van der Waals surface area contributed by atoms with Crippen LogP contribution >= 0.6 is 0 Å². The van der Waals surface area contributed by atoms with Crippen LogP contribution in [0.25, 0.3) is 5.69 Å². The second-order valence-electron chi connectivity index (χ2n) is 9.80. The number of aryl methyl sites for hydroxylation is 1. The molecule has 0 bridgehead atoms. The van der Waals surface area contributed by atoms with Gasteiger partial charge in [-0.25, -0.2) is 4.68 Å². The summed E-state index contributed by atoms with van der Waals surface area (Å²) in [7, 11) is 1.80. The molecule has 0 aliphatic carbocycles. The molecule has 1 aliphatic heterocycles. The van der Waals surface area contributed by atoms with E-state index in [0.717, 1.165) is 41.9 Å². The van der Waals surface area contributed by atoms with Gasteiger partial charge in [0, 0.05) is 42.5 Å². The van der Waals surface area contributed by atoms with Gasteiger partial charge >= 0.3 is 0 Å². The number of likely N-dealkylation sites (tertiary alicyclic amines) is 1. The number of carbonyl (C=O) groups excluding carboxylic acids is 2. The minimum atomic E-state index is -0.0835. The smallest absolute Gasteiger partial charge is 0.260 e. The Labute approximate surface area is 213 Å². The maximum Gasteiger partial charge on any atom is 0.260 e. The predicted molar refractivity (Wildman–Crippen MR) is 140 cm³/mol. The van der Waals surface area contributed by atoms with Crippen LogP contribution < -0.4 is 4.74 Å². The van der Waals surface area contributed by atoms with Crippen LogP contribution in [0.1, 0.15) is 60.4 Å². The first-order valence-electron chi connectivity index (χ1n) is 12.7. The molecule has 2 heterocycles. The number of aromatic nitrogens is 2. The van der Waals surface area contributed by atoms with E-state index in [-0.39, 0.29) is 30.5 Å². The maximum atomic E-state index is 13.1. The van der Waals surface area contributed by atoms with Crippen LogP contribution in [0.4, 0.5) is 0 Å². The van der Waals surface area contributed by atoms with E-state index >= 15 is 0 Å². The Morgan fingerprint density at radius 3 is 2.28 bits per heavy atom. The van der Waals surface area contributed by atoms with Crippen LogP contribution in [-0.4, -0.2) is 57.1 Å². The van der Waals surface area contributed by atoms with E-state index in [2.05, 4.69) is 18.9 Å². The number of piperidine rings is 1. The minimum Gasteiger partial charge on any atom is -0.484 e. The summed E-state index contributed by atoms with van der Waals surface area (Å²) >= 11 is 0. The number of carbonyl (C=O) groups is 2. The van der Waals surface area contributed by atoms with Crippen molar-refractivity contribution in [1.29, 1.82) is 0 Å². The number of nitrogens with zero attached hydrogens (tertiary/aromatic N) is 4. The zero-order valence-electron chi connectivity index (χ0n) is 21.9. The summed E-state index contributed by atoms with van der Waals surface area (Å²) in [6.07, 6.45) is 3.23. The molecule has 1 aromatic heterocycles. The molecule has 0 N–H and O–H groups in total. The third kappa shape index (κ3) is 5.45. The van der Waals surface area contributed by atoms with Gasteiger partial charge in [-0.1, -0.05) is 18.2 Å². The van der Waals surface area contributed by atoms with E-state index in [0.29, 0.717) is 17.9 Å². The number of para-hydroxylation sites is 1. The zero-order valence-corrected chi connectivity index (χ0v) is 21.9. The van der Waals surface area contributed by atoms with Crippen molar-refractivity contribution < 1.29 is 14.3 Å². The highest BCUT2D eigenvalue weighted by Crippen LogP contribution is 2.23. The number of ether oxygens (including phenoxy) is 1. The van der Waals surface area contributed by atoms with Gasteiger partial charge in [0.25, 0.3) is 11.8 Å². The van der Waals surface area contributed by atoms with Crippen molar-refractivity contribution in [2.75, 3.05) is 13.7 Å². The first-order chi connectivity index (χ1) is 17.3. The van der Waals surface area contributed by atoms with Crippen molar-refractivity contribution >= 4 is 11.8 Å². The lowest BCUT2D eigenvalue weighted by atomic mass is 9.97. The summed E-state index contributed by atoms with van der Waals surface area (Å²) in [5.41, 5.74) is 4.53. The van der Waals surface area contributed by atoms with Crippen molar-refractivity contribution in [2.45, 2.75) is 65.6 Å². The van der Waals surface area contributed by atoms with Gasteiger partial charge in [-0.05, 0) is 83.4 Å². The summed E-state index contributed by atoms with van der Waals surface area (Å²) in [6.45, 7) is 8.66. The van der Waals surface area contributed by atoms with Crippen LogP contribution in [0, 0.1) is 13.8 Å². The Morgan fingerprint density at radius 1 is 1.00 bits per heavy atom. The van der Waals surface area contributed by atoms with Gasteiger partial charge < -0.3 is 14.5 Å². The normalized spacial score (nSPS) is 17.6. The zero-order chi connectivity index (χ0) is 25.8. The maximum absolute atomic E-state index is 13.1. The van der Waals surface area contributed by atoms with E-state index in [1.54, 1.807) is 36.2 Å². The average molecular weight is 489 g/mol. The van der Waals surface area contributed by atoms with Crippen LogP contribution in [-0.2, 0) is 11.3 Å². The molecule has 1 fully saturated rings. The molecule has 7 heteroatoms. The van der Waals surface area contributed by atoms with E-state index in [9.17, 15) is 9.59 Å². The van der Waals surface area contributed by atoms with Crippen molar-refractivity contribution in [2.24, 2.45) is 0 Å². The molecule has 36 heavy (non-hydrogen) atoms. The standard InChI is InChI=1S/C29H36N4O3/c1-20-10-9-11-21(2)32(20)28(34)19-36-26-16-14-24(15-17-26)29(35)31(5)18-27-22(3)30-33(23(27)4)25-12-7-6-8-13-25/h6-8,12-17,20-21H,9-11,18-19H2,1-5H3. The van der Waals surface area contributed by atoms with Gasteiger partial charge in [0.2, 0.25) is 0 Å². The van der Waals surface area contributed by atoms with Gasteiger partial charge in [-0.3, -0.25) is 9.59 Å². The van der Waals surface area contributed by atoms with Gasteiger partial charge in [0.05, 0.1) is 11.4 Å². The molecule has 190 valence electrons. The lowest BCUT2D eigenvalue weighted by molar-refractivity contribution is -0.139. The first kappa shape index (κ1) is 25.5. The molecule has 2 amide bonds. The number of hydrogen-bond acceptors (Lipinski definition) is 4. The van der Waals surface area contributed by atoms with Gasteiger partial charge in [-0.2, -0.15) is 5.10 Å². The molecule has 1 saturated heterocycles. The Balaban J connectivity index is 1.37. The van der Waals surface area contributed by atoms with Gasteiger partial charge in [0.1, 0.15) is 5.75 Å². The Bertz CT molecular complexity index is 1190. The summed E-state index contributed by atoms with van der Waals surface area (Å²) in [5, 5.41) is 4.69. The SMILES string of the molecule is Cc1nn(-c2ccccc2)c(C)c1CN(C)C(=O)c1ccc(OCC(=O)N2C(C)CCCC2C)cc1. The molecule has 2 atom stereocenters. The molecule has 3 aromatic rings. The Morgan fingerprint density at radius 2 is 1.64 bits per heavy atom. The lowest BCUT2D eigenvalue weighted by Crippen LogP contribution is -2.49. The second-order valence-corrected chi connectivity index (χ2v) is 9.80. The number of benzene rings is 2. The fraction of sp³-hybridized carbons (Fsp3) is 0.414. The van der Waals surface area contributed by atoms with Gasteiger partial charge in [0.15, 0.2) is 6.61 Å². The number of rotatable bonds is 7. The van der Waals surface area contributed by atoms with Crippen molar-refractivity contribution in [3.8, 4) is 11.4 Å². The number of hydrogen-bond donors (Lipinski definition) is 0. The Hall–Kier alpha value is -3.61. The highest BCUT2D eigenvalue weighted by Gasteiger charge is 2.29. The highest BCUT2D eigenvalue weighted by molar-refractivity contribution is 5.94. The van der Waals surface area contributed by atoms with Crippen molar-refractivity contribution in [1.82, 2.24) is 19.6 Å². The minimum absolute atomic E-state index is 0.00579. The quantitative estimate of drug-likeness (QED) is 0.473. The van der Waals surface area contributed by atoms with Crippen LogP contribution in [0.5, 0.6) is 5.75 Å². The largest absolute Gasteiger partial charge is 0.484 e. The molecule has 4 rings (SSSR count). The van der Waals surface area contributed by atoms with E-state index in [1.807, 2.05) is 53.8 Å². The average Bonchev–Trinajstić information content (AvgIpc) is 3.16. The first-order valence-corrected chi connectivity index (χ1v) is 12.7. The highest BCUT2D eigenvalue weighted by atomic mass is 16.5. The molecule has 1 aliphatic rings. The molecule has 7 nitrogen and oxygen atoms in total. The molecule has 0 spiro atoms. The fourth-order valence-corrected chi connectivity index (χ4v) is 5.08. The molecule has 0 radical (unpaired) electrons. The molecular weight excluding hydrogens is 452 g/mol. The summed E-state index contributed by atoms with van der Waals surface area (Å²) in [5.74, 6) is 0.506. The van der Waals surface area contributed by atoms with E-state index in [4.69, 9.17) is 4.74 Å². The van der Waals surface area contributed by atoms with E-state index < -0.39 is 0 Å². The van der Waals surface area contributed by atoms with Gasteiger partial charge in [-0.15, -0.1) is 0 Å². The van der Waals surface area contributed by atoms with Crippen LogP contribution in [0.3, 0.4) is 0 Å². The lowest BCUT2D eigenvalue weighted by Gasteiger charge is -2.38. The summed E-state index contributed by atoms with van der Waals surface area (Å²) in [6, 6.07) is 17.5. The third-order valence-corrected chi connectivity index (χ3v) is 7.13. The van der Waals surface area contributed by atoms with Crippen molar-refractivity contribution in [3.05, 3.63) is 77.1 Å². The van der Waals surface area contributed by atoms with Crippen molar-refractivity contribution in [3.63, 3.8) is 0 Å². The number of amides is 2. The molecule has 2 aromatic carbocycles. The molecule has 0 saturated carbocycles. The second kappa shape index (κ2) is 11.0. The molecular formula is C29H36N4O3. The molecule has 2 unspecified atom stereocenters. The monoisotopic (exact) mass is 488 g/mol. The summed E-state index contributed by atoms with van der Waals surface area (Å²) in [4.78, 5) is 29.5. The fourth-order valence-electron chi connectivity index (χ4n) is 5.08. The summed E-state index contributed by atoms with van der Waals surface area (Å²) < 4.78 is 7.68. The van der Waals surface area contributed by atoms with Crippen LogP contribution in [0.2, 0.25) is 0 Å².